The Hall–Kier alpha value is -2.45. The first-order valence-electron chi connectivity index (χ1n) is 10.2. The van der Waals surface area contributed by atoms with Crippen LogP contribution in [0.5, 0.6) is 5.75 Å². The number of hydrogen-bond donors (Lipinski definition) is 3. The molecule has 0 saturated heterocycles. The van der Waals surface area contributed by atoms with E-state index in [0.29, 0.717) is 46.1 Å². The van der Waals surface area contributed by atoms with E-state index >= 15 is 0 Å². The van der Waals surface area contributed by atoms with Gasteiger partial charge in [0, 0.05) is 12.1 Å². The lowest BCUT2D eigenvalue weighted by molar-refractivity contribution is 0.0952. The number of nitrogens with one attached hydrogen (secondary N) is 3. The van der Waals surface area contributed by atoms with Crippen LogP contribution < -0.4 is 20.7 Å². The Morgan fingerprint density at radius 1 is 1.13 bits per heavy atom. The summed E-state index contributed by atoms with van der Waals surface area (Å²) < 4.78 is 6.40. The molecular formula is C23H28BrN3O3S. The maximum absolute atomic E-state index is 12.6. The Balaban J connectivity index is 2.01. The highest BCUT2D eigenvalue weighted by atomic mass is 79.9. The highest BCUT2D eigenvalue weighted by Gasteiger charge is 2.14. The van der Waals surface area contributed by atoms with Crippen LogP contribution in [0, 0.1) is 5.92 Å². The lowest BCUT2D eigenvalue weighted by Gasteiger charge is -2.14. The third-order valence-electron chi connectivity index (χ3n) is 4.23. The highest BCUT2D eigenvalue weighted by molar-refractivity contribution is 9.10. The number of benzene rings is 2. The lowest BCUT2D eigenvalue weighted by atomic mass is 10.1. The van der Waals surface area contributed by atoms with Gasteiger partial charge in [0.15, 0.2) is 5.11 Å². The average Bonchev–Trinajstić information content (AvgIpc) is 2.73. The molecule has 2 rings (SSSR count). The standard InChI is InChI=1S/C23H28BrN3O3S/c1-4-5-12-25-22(29)17-8-6-7-9-19(17)26-23(31)27-21(28)16-10-11-20(18(24)13-16)30-14-15(2)3/h6-11,13,15H,4-5,12,14H2,1-3H3,(H,25,29)(H2,26,27,28,31). The molecule has 0 atom stereocenters. The summed E-state index contributed by atoms with van der Waals surface area (Å²) in [5.41, 5.74) is 1.42. The molecule has 0 fully saturated rings. The first-order chi connectivity index (χ1) is 14.8. The molecule has 0 radical (unpaired) electrons. The number of halogens is 1. The van der Waals surface area contributed by atoms with Crippen LogP contribution in [0.3, 0.4) is 0 Å². The Labute approximate surface area is 197 Å². The molecule has 2 amide bonds. The van der Waals surface area contributed by atoms with Gasteiger partial charge in [-0.2, -0.15) is 0 Å². The van der Waals surface area contributed by atoms with Gasteiger partial charge in [0.25, 0.3) is 11.8 Å². The van der Waals surface area contributed by atoms with Gasteiger partial charge < -0.3 is 15.4 Å². The summed E-state index contributed by atoms with van der Waals surface area (Å²) in [6.45, 7) is 7.39. The van der Waals surface area contributed by atoms with Crippen molar-refractivity contribution in [2.45, 2.75) is 33.6 Å². The third-order valence-corrected chi connectivity index (χ3v) is 5.05. The van der Waals surface area contributed by atoms with Gasteiger partial charge in [0.05, 0.1) is 22.3 Å². The Morgan fingerprint density at radius 3 is 2.55 bits per heavy atom. The van der Waals surface area contributed by atoms with Crippen LogP contribution in [0.1, 0.15) is 54.3 Å². The molecular weight excluding hydrogens is 478 g/mol. The van der Waals surface area contributed by atoms with E-state index < -0.39 is 0 Å². The predicted octanol–water partition coefficient (Wildman–Crippen LogP) is 5.14. The number of rotatable bonds is 9. The first kappa shape index (κ1) is 24.8. The van der Waals surface area contributed by atoms with Crippen LogP contribution in [-0.4, -0.2) is 30.1 Å². The fourth-order valence-corrected chi connectivity index (χ4v) is 3.30. The van der Waals surface area contributed by atoms with Crippen molar-refractivity contribution in [1.29, 1.82) is 0 Å². The molecule has 6 nitrogen and oxygen atoms in total. The molecule has 3 N–H and O–H groups in total. The topological polar surface area (TPSA) is 79.5 Å². The predicted molar refractivity (Wildman–Crippen MR) is 132 cm³/mol. The first-order valence-corrected chi connectivity index (χ1v) is 11.4. The van der Waals surface area contributed by atoms with E-state index in [2.05, 4.69) is 52.7 Å². The van der Waals surface area contributed by atoms with Crippen molar-refractivity contribution in [2.75, 3.05) is 18.5 Å². The van der Waals surface area contributed by atoms with E-state index in [-0.39, 0.29) is 16.9 Å². The number of carbonyl (C=O) groups is 2. The van der Waals surface area contributed by atoms with E-state index in [1.54, 1.807) is 42.5 Å². The molecule has 31 heavy (non-hydrogen) atoms. The highest BCUT2D eigenvalue weighted by Crippen LogP contribution is 2.26. The Kier molecular flexibility index (Phi) is 9.94. The van der Waals surface area contributed by atoms with Crippen LogP contribution in [0.4, 0.5) is 5.69 Å². The zero-order valence-electron chi connectivity index (χ0n) is 18.0. The molecule has 0 heterocycles. The molecule has 2 aromatic rings. The summed E-state index contributed by atoms with van der Waals surface area (Å²) >= 11 is 8.72. The van der Waals surface area contributed by atoms with Crippen LogP contribution in [0.25, 0.3) is 0 Å². The zero-order chi connectivity index (χ0) is 22.8. The van der Waals surface area contributed by atoms with Gasteiger partial charge >= 0.3 is 0 Å². The number of ether oxygens (including phenoxy) is 1. The SMILES string of the molecule is CCCCNC(=O)c1ccccc1NC(=S)NC(=O)c1ccc(OCC(C)C)c(Br)c1. The van der Waals surface area contributed by atoms with Crippen molar-refractivity contribution < 1.29 is 14.3 Å². The minimum atomic E-state index is -0.363. The van der Waals surface area contributed by atoms with Crippen LogP contribution in [0.2, 0.25) is 0 Å². The van der Waals surface area contributed by atoms with Crippen LogP contribution in [0.15, 0.2) is 46.9 Å². The van der Waals surface area contributed by atoms with Gasteiger partial charge in [-0.05, 0) is 70.8 Å². The fraction of sp³-hybridized carbons (Fsp3) is 0.348. The lowest BCUT2D eigenvalue weighted by Crippen LogP contribution is -2.35. The Bertz CT molecular complexity index is 934. The summed E-state index contributed by atoms with van der Waals surface area (Å²) in [5, 5.41) is 8.58. The van der Waals surface area contributed by atoms with Crippen molar-refractivity contribution in [1.82, 2.24) is 10.6 Å². The smallest absolute Gasteiger partial charge is 0.257 e. The van der Waals surface area contributed by atoms with Crippen molar-refractivity contribution in [3.63, 3.8) is 0 Å². The van der Waals surface area contributed by atoms with Gasteiger partial charge in [-0.15, -0.1) is 0 Å². The van der Waals surface area contributed by atoms with Crippen molar-refractivity contribution >= 4 is 50.8 Å². The molecule has 0 saturated carbocycles. The number of carbonyl (C=O) groups excluding carboxylic acids is 2. The van der Waals surface area contributed by atoms with Gasteiger partial charge in [-0.1, -0.05) is 39.3 Å². The summed E-state index contributed by atoms with van der Waals surface area (Å²) in [7, 11) is 0. The van der Waals surface area contributed by atoms with E-state index in [1.165, 1.54) is 0 Å². The summed E-state index contributed by atoms with van der Waals surface area (Å²) in [5.74, 6) is 0.522. The van der Waals surface area contributed by atoms with Crippen molar-refractivity contribution in [2.24, 2.45) is 5.92 Å². The van der Waals surface area contributed by atoms with Gasteiger partial charge in [-0.25, -0.2) is 0 Å². The molecule has 2 aromatic carbocycles. The summed E-state index contributed by atoms with van der Waals surface area (Å²) in [6.07, 6.45) is 1.91. The Morgan fingerprint density at radius 2 is 1.87 bits per heavy atom. The van der Waals surface area contributed by atoms with E-state index in [0.717, 1.165) is 12.8 Å². The van der Waals surface area contributed by atoms with E-state index in [9.17, 15) is 9.59 Å². The minimum Gasteiger partial charge on any atom is -0.492 e. The average molecular weight is 506 g/mol. The second-order valence-electron chi connectivity index (χ2n) is 7.41. The van der Waals surface area contributed by atoms with Gasteiger partial charge in [-0.3, -0.25) is 14.9 Å². The van der Waals surface area contributed by atoms with Crippen molar-refractivity contribution in [3.8, 4) is 5.75 Å². The molecule has 166 valence electrons. The molecule has 0 unspecified atom stereocenters. The second kappa shape index (κ2) is 12.4. The second-order valence-corrected chi connectivity index (χ2v) is 8.68. The number of amides is 2. The molecule has 8 heteroatoms. The zero-order valence-corrected chi connectivity index (χ0v) is 20.4. The number of thiocarbonyl (C=S) groups is 1. The summed E-state index contributed by atoms with van der Waals surface area (Å²) in [6, 6.07) is 12.1. The van der Waals surface area contributed by atoms with Crippen molar-refractivity contribution in [3.05, 3.63) is 58.1 Å². The molecule has 0 aliphatic heterocycles. The number of para-hydroxylation sites is 1. The number of hydrogen-bond acceptors (Lipinski definition) is 4. The summed E-state index contributed by atoms with van der Waals surface area (Å²) in [4.78, 5) is 25.0. The third kappa shape index (κ3) is 7.95. The maximum Gasteiger partial charge on any atom is 0.257 e. The minimum absolute atomic E-state index is 0.107. The van der Waals surface area contributed by atoms with E-state index in [1.807, 2.05) is 0 Å². The van der Waals surface area contributed by atoms with E-state index in [4.69, 9.17) is 17.0 Å². The van der Waals surface area contributed by atoms with Crippen LogP contribution >= 0.6 is 28.1 Å². The number of anilines is 1. The molecule has 0 aliphatic carbocycles. The molecule has 0 spiro atoms. The van der Waals surface area contributed by atoms with Gasteiger partial charge in [0.1, 0.15) is 5.75 Å². The largest absolute Gasteiger partial charge is 0.492 e. The normalized spacial score (nSPS) is 10.5. The van der Waals surface area contributed by atoms with Crippen LogP contribution in [-0.2, 0) is 0 Å². The number of unbranched alkanes of at least 4 members (excludes halogenated alkanes) is 1. The molecule has 0 bridgehead atoms. The molecule has 0 aliphatic rings. The fourth-order valence-electron chi connectivity index (χ4n) is 2.61. The monoisotopic (exact) mass is 505 g/mol. The quantitative estimate of drug-likeness (QED) is 0.324. The molecule has 0 aromatic heterocycles. The maximum atomic E-state index is 12.6. The van der Waals surface area contributed by atoms with Gasteiger partial charge in [0.2, 0.25) is 0 Å².